The third-order valence-electron chi connectivity index (χ3n) is 4.78. The smallest absolute Gasteiger partial charge is 0.207 e. The number of thiophene rings is 1. The lowest BCUT2D eigenvalue weighted by molar-refractivity contribution is -0.110. The number of fused-ring (bicyclic) bond motifs is 1. The molecule has 1 aromatic carbocycles. The van der Waals surface area contributed by atoms with Crippen molar-refractivity contribution in [2.75, 3.05) is 18.0 Å². The number of amides is 1. The minimum absolute atomic E-state index is 0.173. The van der Waals surface area contributed by atoms with Gasteiger partial charge in [-0.25, -0.2) is 0 Å². The second-order valence-electron chi connectivity index (χ2n) is 6.43. The highest BCUT2D eigenvalue weighted by Crippen LogP contribution is 2.32. The van der Waals surface area contributed by atoms with Crippen LogP contribution in [0.15, 0.2) is 35.7 Å². The second-order valence-corrected chi connectivity index (χ2v) is 7.46. The molecule has 0 fully saturated rings. The maximum atomic E-state index is 10.9. The van der Waals surface area contributed by atoms with Crippen LogP contribution >= 0.6 is 11.3 Å². The number of carbonyl (C=O) groups excluding carboxylic acids is 1. The molecule has 1 heterocycles. The number of nitrogens with one attached hydrogen (secondary N) is 1. The van der Waals surface area contributed by atoms with Gasteiger partial charge in [-0.1, -0.05) is 19.1 Å². The zero-order valence-corrected chi connectivity index (χ0v) is 15.1. The van der Waals surface area contributed by atoms with Gasteiger partial charge in [-0.15, -0.1) is 11.3 Å². The lowest BCUT2D eigenvalue weighted by atomic mass is 9.87. The lowest BCUT2D eigenvalue weighted by Gasteiger charge is -2.29. The molecule has 1 amide bonds. The molecule has 1 N–H and O–H groups in total. The van der Waals surface area contributed by atoms with E-state index >= 15 is 0 Å². The number of carbonyl (C=O) groups is 1. The van der Waals surface area contributed by atoms with Crippen LogP contribution in [0.2, 0.25) is 0 Å². The van der Waals surface area contributed by atoms with Gasteiger partial charge >= 0.3 is 0 Å². The Morgan fingerprint density at radius 3 is 3.00 bits per heavy atom. The molecule has 0 spiro atoms. The summed E-state index contributed by atoms with van der Waals surface area (Å²) in [6.45, 7) is 4.34. The van der Waals surface area contributed by atoms with Gasteiger partial charge in [0, 0.05) is 23.7 Å². The number of aryl methyl sites for hydroxylation is 1. The average molecular weight is 343 g/mol. The van der Waals surface area contributed by atoms with Crippen molar-refractivity contribution in [3.8, 4) is 0 Å². The van der Waals surface area contributed by atoms with E-state index in [1.807, 2.05) is 11.3 Å². The Kier molecular flexibility index (Phi) is 5.91. The SMILES string of the molecule is CCCN(CCc1cccs1)c1ccc2c(c1)C(NC=O)CCC2. The molecule has 1 aliphatic rings. The molecule has 1 aliphatic carbocycles. The Balaban J connectivity index is 1.79. The van der Waals surface area contributed by atoms with Crippen LogP contribution in [0.5, 0.6) is 0 Å². The van der Waals surface area contributed by atoms with Crippen LogP contribution in [-0.2, 0) is 17.6 Å². The van der Waals surface area contributed by atoms with Gasteiger partial charge in [0.05, 0.1) is 6.04 Å². The molecule has 4 heteroatoms. The number of rotatable bonds is 8. The zero-order chi connectivity index (χ0) is 16.8. The van der Waals surface area contributed by atoms with Crippen molar-refractivity contribution in [2.24, 2.45) is 0 Å². The molecule has 3 rings (SSSR count). The Labute approximate surface area is 148 Å². The Morgan fingerprint density at radius 2 is 2.25 bits per heavy atom. The summed E-state index contributed by atoms with van der Waals surface area (Å²) in [4.78, 5) is 14.8. The van der Waals surface area contributed by atoms with E-state index in [2.05, 4.69) is 52.9 Å². The number of nitrogens with zero attached hydrogens (tertiary/aromatic N) is 1. The standard InChI is InChI=1S/C20H26N2OS/c1-2-11-22(12-10-18-6-4-13-24-18)17-9-8-16-5-3-7-20(21-15-23)19(16)14-17/h4,6,8-9,13-15,20H,2-3,5,7,10-12H2,1H3,(H,21,23). The summed E-state index contributed by atoms with van der Waals surface area (Å²) in [5.74, 6) is 0. The monoisotopic (exact) mass is 342 g/mol. The first-order valence-electron chi connectivity index (χ1n) is 8.91. The van der Waals surface area contributed by atoms with E-state index in [9.17, 15) is 4.79 Å². The number of hydrogen-bond donors (Lipinski definition) is 1. The van der Waals surface area contributed by atoms with E-state index in [1.165, 1.54) is 21.7 Å². The first-order chi connectivity index (χ1) is 11.8. The quantitative estimate of drug-likeness (QED) is 0.724. The molecule has 3 nitrogen and oxygen atoms in total. The molecule has 0 bridgehead atoms. The Morgan fingerprint density at radius 1 is 1.33 bits per heavy atom. The normalized spacial score (nSPS) is 16.5. The highest BCUT2D eigenvalue weighted by Gasteiger charge is 2.20. The summed E-state index contributed by atoms with van der Waals surface area (Å²) in [5, 5.41) is 5.14. The molecule has 2 aromatic rings. The van der Waals surface area contributed by atoms with E-state index in [4.69, 9.17) is 0 Å². The zero-order valence-electron chi connectivity index (χ0n) is 14.3. The van der Waals surface area contributed by atoms with Crippen molar-refractivity contribution < 1.29 is 4.79 Å². The summed E-state index contributed by atoms with van der Waals surface area (Å²) in [6.07, 6.45) is 6.37. The number of anilines is 1. The van der Waals surface area contributed by atoms with Crippen LogP contribution in [-0.4, -0.2) is 19.5 Å². The molecule has 24 heavy (non-hydrogen) atoms. The van der Waals surface area contributed by atoms with Crippen molar-refractivity contribution in [3.05, 3.63) is 51.7 Å². The van der Waals surface area contributed by atoms with Gasteiger partial charge in [-0.05, 0) is 66.8 Å². The largest absolute Gasteiger partial charge is 0.371 e. The van der Waals surface area contributed by atoms with Gasteiger partial charge in [0.2, 0.25) is 6.41 Å². The van der Waals surface area contributed by atoms with Crippen molar-refractivity contribution in [3.63, 3.8) is 0 Å². The molecule has 1 unspecified atom stereocenters. The molecular formula is C20H26N2OS. The molecule has 128 valence electrons. The fourth-order valence-electron chi connectivity index (χ4n) is 3.58. The van der Waals surface area contributed by atoms with Gasteiger partial charge in [0.25, 0.3) is 0 Å². The van der Waals surface area contributed by atoms with Gasteiger partial charge in [-0.3, -0.25) is 4.79 Å². The maximum absolute atomic E-state index is 10.9. The predicted octanol–water partition coefficient (Wildman–Crippen LogP) is 4.33. The summed E-state index contributed by atoms with van der Waals surface area (Å²) in [7, 11) is 0. The van der Waals surface area contributed by atoms with E-state index in [0.29, 0.717) is 0 Å². The van der Waals surface area contributed by atoms with Gasteiger partial charge < -0.3 is 10.2 Å². The van der Waals surface area contributed by atoms with E-state index < -0.39 is 0 Å². The third-order valence-corrected chi connectivity index (χ3v) is 5.72. The highest BCUT2D eigenvalue weighted by atomic mass is 32.1. The van der Waals surface area contributed by atoms with Gasteiger partial charge in [-0.2, -0.15) is 0 Å². The Bertz CT molecular complexity index is 654. The van der Waals surface area contributed by atoms with Gasteiger partial charge in [0.1, 0.15) is 0 Å². The molecule has 1 atom stereocenters. The average Bonchev–Trinajstić information content (AvgIpc) is 3.12. The van der Waals surface area contributed by atoms with E-state index in [1.54, 1.807) is 0 Å². The Hall–Kier alpha value is -1.81. The van der Waals surface area contributed by atoms with E-state index in [-0.39, 0.29) is 6.04 Å². The predicted molar refractivity (Wildman–Crippen MR) is 102 cm³/mol. The molecular weight excluding hydrogens is 316 g/mol. The minimum atomic E-state index is 0.173. The van der Waals surface area contributed by atoms with Crippen molar-refractivity contribution in [1.29, 1.82) is 0 Å². The molecule has 0 aliphatic heterocycles. The van der Waals surface area contributed by atoms with Crippen molar-refractivity contribution >= 4 is 23.4 Å². The lowest BCUT2D eigenvalue weighted by Crippen LogP contribution is -2.28. The fraction of sp³-hybridized carbons (Fsp3) is 0.450. The van der Waals surface area contributed by atoms with Crippen LogP contribution in [0, 0.1) is 0 Å². The minimum Gasteiger partial charge on any atom is -0.371 e. The maximum Gasteiger partial charge on any atom is 0.207 e. The van der Waals surface area contributed by atoms with Crippen molar-refractivity contribution in [1.82, 2.24) is 5.32 Å². The van der Waals surface area contributed by atoms with Crippen molar-refractivity contribution in [2.45, 2.75) is 45.1 Å². The highest BCUT2D eigenvalue weighted by molar-refractivity contribution is 7.09. The molecule has 0 saturated heterocycles. The molecule has 1 aromatic heterocycles. The van der Waals surface area contributed by atoms with E-state index in [0.717, 1.165) is 51.6 Å². The topological polar surface area (TPSA) is 32.3 Å². The second kappa shape index (κ2) is 8.34. The van der Waals surface area contributed by atoms with Crippen LogP contribution in [0.4, 0.5) is 5.69 Å². The van der Waals surface area contributed by atoms with Crippen LogP contribution in [0.1, 0.15) is 48.2 Å². The molecule has 0 radical (unpaired) electrons. The summed E-state index contributed by atoms with van der Waals surface area (Å²) in [6, 6.07) is 11.3. The first-order valence-corrected chi connectivity index (χ1v) is 9.79. The third kappa shape index (κ3) is 3.99. The summed E-state index contributed by atoms with van der Waals surface area (Å²) >= 11 is 1.83. The fourth-order valence-corrected chi connectivity index (χ4v) is 4.28. The van der Waals surface area contributed by atoms with Gasteiger partial charge in [0.15, 0.2) is 0 Å². The van der Waals surface area contributed by atoms with Crippen LogP contribution < -0.4 is 10.2 Å². The summed E-state index contributed by atoms with van der Waals surface area (Å²) in [5.41, 5.74) is 3.98. The number of hydrogen-bond acceptors (Lipinski definition) is 3. The first kappa shape index (κ1) is 17.0. The van der Waals surface area contributed by atoms with Crippen LogP contribution in [0.25, 0.3) is 0 Å². The number of benzene rings is 1. The van der Waals surface area contributed by atoms with Crippen LogP contribution in [0.3, 0.4) is 0 Å². The molecule has 0 saturated carbocycles. The summed E-state index contributed by atoms with van der Waals surface area (Å²) < 4.78 is 0.